The van der Waals surface area contributed by atoms with E-state index in [1.165, 1.54) is 11.3 Å². The summed E-state index contributed by atoms with van der Waals surface area (Å²) in [5.74, 6) is 0.616. The molecule has 0 radical (unpaired) electrons. The minimum atomic E-state index is -3.63. The quantitative estimate of drug-likeness (QED) is 0.465. The number of rotatable bonds is 5. The van der Waals surface area contributed by atoms with E-state index in [2.05, 4.69) is 19.9 Å². The van der Waals surface area contributed by atoms with Gasteiger partial charge in [-0.05, 0) is 30.5 Å². The minimum Gasteiger partial charge on any atom is -0.306 e. The average Bonchev–Trinajstić information content (AvgIpc) is 3.47. The van der Waals surface area contributed by atoms with Crippen LogP contribution in [0.25, 0.3) is 10.7 Å². The van der Waals surface area contributed by atoms with Crippen molar-refractivity contribution in [3.8, 4) is 10.7 Å². The Morgan fingerprint density at radius 3 is 2.75 bits per heavy atom. The van der Waals surface area contributed by atoms with Crippen molar-refractivity contribution in [3.05, 3.63) is 80.0 Å². The molecular formula is C22H20N4O3S3. The van der Waals surface area contributed by atoms with Gasteiger partial charge < -0.3 is 4.98 Å². The minimum absolute atomic E-state index is 0.0915. The maximum absolute atomic E-state index is 12.9. The predicted molar refractivity (Wildman–Crippen MR) is 125 cm³/mol. The number of thiazole rings is 1. The molecule has 1 aliphatic heterocycles. The highest BCUT2D eigenvalue weighted by atomic mass is 32.2. The van der Waals surface area contributed by atoms with Crippen LogP contribution in [0.4, 0.5) is 0 Å². The number of aromatic nitrogens is 3. The highest BCUT2D eigenvalue weighted by Crippen LogP contribution is 2.28. The van der Waals surface area contributed by atoms with E-state index in [0.717, 1.165) is 27.6 Å². The van der Waals surface area contributed by atoms with E-state index < -0.39 is 9.84 Å². The summed E-state index contributed by atoms with van der Waals surface area (Å²) >= 11 is 2.72. The lowest BCUT2D eigenvalue weighted by molar-refractivity contribution is 0.244. The molecule has 32 heavy (non-hydrogen) atoms. The van der Waals surface area contributed by atoms with Crippen LogP contribution < -0.4 is 5.56 Å². The zero-order valence-electron chi connectivity index (χ0n) is 17.2. The summed E-state index contributed by atoms with van der Waals surface area (Å²) in [7, 11) is -3.63. The van der Waals surface area contributed by atoms with Crippen molar-refractivity contribution in [2.24, 2.45) is 0 Å². The van der Waals surface area contributed by atoms with Gasteiger partial charge in [-0.1, -0.05) is 23.8 Å². The van der Waals surface area contributed by atoms with E-state index >= 15 is 0 Å². The lowest BCUT2D eigenvalue weighted by atomic mass is 10.1. The molecule has 7 nitrogen and oxygen atoms in total. The van der Waals surface area contributed by atoms with Gasteiger partial charge in [0.2, 0.25) is 14.2 Å². The molecule has 0 saturated carbocycles. The van der Waals surface area contributed by atoms with Crippen LogP contribution in [0.3, 0.4) is 0 Å². The third-order valence-electron chi connectivity index (χ3n) is 5.38. The first-order valence-electron chi connectivity index (χ1n) is 10.0. The van der Waals surface area contributed by atoms with Crippen molar-refractivity contribution in [3.63, 3.8) is 0 Å². The third-order valence-corrected chi connectivity index (χ3v) is 9.39. The fourth-order valence-corrected chi connectivity index (χ4v) is 6.96. The van der Waals surface area contributed by atoms with Crippen molar-refractivity contribution in [1.29, 1.82) is 0 Å². The molecule has 0 amide bonds. The average molecular weight is 485 g/mol. The van der Waals surface area contributed by atoms with Gasteiger partial charge in [0.1, 0.15) is 0 Å². The number of hydrogen-bond acceptors (Lipinski definition) is 8. The summed E-state index contributed by atoms with van der Waals surface area (Å²) in [5, 5.41) is 1.96. The van der Waals surface area contributed by atoms with Crippen molar-refractivity contribution in [1.82, 2.24) is 19.9 Å². The highest BCUT2D eigenvalue weighted by Gasteiger charge is 2.25. The Morgan fingerprint density at radius 1 is 1.19 bits per heavy atom. The normalized spacial score (nSPS) is 14.4. The van der Waals surface area contributed by atoms with E-state index in [0.29, 0.717) is 30.9 Å². The van der Waals surface area contributed by atoms with Crippen molar-refractivity contribution in [2.45, 2.75) is 35.7 Å². The summed E-state index contributed by atoms with van der Waals surface area (Å²) in [4.78, 5) is 28.6. The number of nitrogens with one attached hydrogen (secondary N) is 1. The Hall–Kier alpha value is -2.66. The van der Waals surface area contributed by atoms with Gasteiger partial charge in [-0.3, -0.25) is 9.69 Å². The molecule has 164 valence electrons. The molecule has 5 rings (SSSR count). The molecule has 4 aromatic rings. The fraction of sp³-hybridized carbons (Fsp3) is 0.227. The molecule has 0 aliphatic carbocycles. The fourth-order valence-electron chi connectivity index (χ4n) is 3.67. The standard InChI is InChI=1S/C22H20N4O3S3/c1-14-4-6-16(7-5-14)32(28,29)22-23-11-15(31-22)12-26-9-8-18-17(13-26)21(27)25-20(24-18)19-3-2-10-30-19/h2-7,10-11H,8-9,12-13H2,1H3,(H,24,25,27). The molecule has 0 fully saturated rings. The molecule has 0 unspecified atom stereocenters. The summed E-state index contributed by atoms with van der Waals surface area (Å²) in [6, 6.07) is 10.7. The maximum Gasteiger partial charge on any atom is 0.255 e. The van der Waals surface area contributed by atoms with E-state index in [1.54, 1.807) is 41.8 Å². The Labute approximate surface area is 193 Å². The molecule has 0 bridgehead atoms. The number of thiophene rings is 1. The number of benzene rings is 1. The molecule has 4 heterocycles. The number of fused-ring (bicyclic) bond motifs is 1. The number of aromatic amines is 1. The van der Waals surface area contributed by atoms with Crippen LogP contribution in [0, 0.1) is 6.92 Å². The molecule has 1 N–H and O–H groups in total. The summed E-state index contributed by atoms with van der Waals surface area (Å²) < 4.78 is 25.8. The summed E-state index contributed by atoms with van der Waals surface area (Å²) in [5.41, 5.74) is 2.39. The van der Waals surface area contributed by atoms with Crippen molar-refractivity contribution >= 4 is 32.5 Å². The highest BCUT2D eigenvalue weighted by molar-refractivity contribution is 7.93. The van der Waals surface area contributed by atoms with Gasteiger partial charge in [-0.2, -0.15) is 0 Å². The van der Waals surface area contributed by atoms with E-state index in [9.17, 15) is 13.2 Å². The molecule has 0 atom stereocenters. The van der Waals surface area contributed by atoms with Crippen LogP contribution in [0.15, 0.2) is 62.0 Å². The van der Waals surface area contributed by atoms with Gasteiger partial charge in [0.25, 0.3) is 5.56 Å². The van der Waals surface area contributed by atoms with Gasteiger partial charge in [0, 0.05) is 37.1 Å². The first kappa shape index (κ1) is 21.2. The molecule has 0 spiro atoms. The number of H-pyrrole nitrogens is 1. The van der Waals surface area contributed by atoms with Gasteiger partial charge in [-0.25, -0.2) is 18.4 Å². The van der Waals surface area contributed by atoms with Crippen molar-refractivity contribution < 1.29 is 8.42 Å². The van der Waals surface area contributed by atoms with Gasteiger partial charge >= 0.3 is 0 Å². The number of aryl methyl sites for hydroxylation is 1. The van der Waals surface area contributed by atoms with Crippen LogP contribution in [-0.2, 0) is 29.3 Å². The van der Waals surface area contributed by atoms with Crippen LogP contribution in [0.2, 0.25) is 0 Å². The SMILES string of the molecule is Cc1ccc(S(=O)(=O)c2ncc(CN3CCc4nc(-c5cccs5)[nH]c(=O)c4C3)s2)cc1. The second kappa shape index (κ2) is 8.36. The van der Waals surface area contributed by atoms with E-state index in [1.807, 2.05) is 24.4 Å². The largest absolute Gasteiger partial charge is 0.306 e. The second-order valence-electron chi connectivity index (χ2n) is 7.69. The zero-order valence-corrected chi connectivity index (χ0v) is 19.7. The smallest absolute Gasteiger partial charge is 0.255 e. The van der Waals surface area contributed by atoms with E-state index in [-0.39, 0.29) is 14.8 Å². The molecule has 0 saturated heterocycles. The first-order chi connectivity index (χ1) is 15.4. The maximum atomic E-state index is 12.9. The van der Waals surface area contributed by atoms with Gasteiger partial charge in [0.05, 0.1) is 21.0 Å². The lowest BCUT2D eigenvalue weighted by Gasteiger charge is -2.27. The predicted octanol–water partition coefficient (Wildman–Crippen LogP) is 3.65. The molecule has 10 heteroatoms. The number of nitrogens with zero attached hydrogens (tertiary/aromatic N) is 3. The lowest BCUT2D eigenvalue weighted by Crippen LogP contribution is -2.35. The Bertz CT molecular complexity index is 1420. The Kier molecular flexibility index (Phi) is 5.54. The summed E-state index contributed by atoms with van der Waals surface area (Å²) in [6.45, 7) is 3.66. The van der Waals surface area contributed by atoms with Crippen LogP contribution in [-0.4, -0.2) is 34.8 Å². The van der Waals surface area contributed by atoms with Gasteiger partial charge in [0.15, 0.2) is 5.82 Å². The Balaban J connectivity index is 1.33. The molecule has 1 aromatic carbocycles. The Morgan fingerprint density at radius 2 is 2.00 bits per heavy atom. The second-order valence-corrected chi connectivity index (χ2v) is 11.9. The molecule has 3 aromatic heterocycles. The first-order valence-corrected chi connectivity index (χ1v) is 13.2. The topological polar surface area (TPSA) is 96.0 Å². The summed E-state index contributed by atoms with van der Waals surface area (Å²) in [6.07, 6.45) is 2.29. The number of sulfone groups is 1. The third kappa shape index (κ3) is 4.06. The van der Waals surface area contributed by atoms with Crippen LogP contribution in [0.5, 0.6) is 0 Å². The van der Waals surface area contributed by atoms with Gasteiger partial charge in [-0.15, -0.1) is 22.7 Å². The molecular weight excluding hydrogens is 464 g/mol. The van der Waals surface area contributed by atoms with Crippen LogP contribution >= 0.6 is 22.7 Å². The number of hydrogen-bond donors (Lipinski definition) is 1. The monoisotopic (exact) mass is 484 g/mol. The van der Waals surface area contributed by atoms with Crippen molar-refractivity contribution in [2.75, 3.05) is 6.54 Å². The zero-order chi connectivity index (χ0) is 22.3. The van der Waals surface area contributed by atoms with Crippen LogP contribution in [0.1, 0.15) is 21.7 Å². The molecule has 1 aliphatic rings. The van der Waals surface area contributed by atoms with E-state index in [4.69, 9.17) is 0 Å².